The number of pyridine rings is 1. The molecule has 6 heteroatoms. The van der Waals surface area contributed by atoms with E-state index in [1.54, 1.807) is 11.9 Å². The van der Waals surface area contributed by atoms with Crippen LogP contribution < -0.4 is 5.32 Å². The maximum Gasteiger partial charge on any atom is 0.257 e. The van der Waals surface area contributed by atoms with Gasteiger partial charge >= 0.3 is 0 Å². The second kappa shape index (κ2) is 5.65. The minimum Gasteiger partial charge on any atom is -0.372 e. The number of halogens is 1. The first-order chi connectivity index (χ1) is 9.17. The fraction of sp³-hybridized carbons (Fsp3) is 0.462. The van der Waals surface area contributed by atoms with Crippen LogP contribution in [0.1, 0.15) is 29.6 Å². The van der Waals surface area contributed by atoms with Crippen molar-refractivity contribution in [1.82, 2.24) is 9.88 Å². The van der Waals surface area contributed by atoms with Crippen LogP contribution in [0.3, 0.4) is 0 Å². The van der Waals surface area contributed by atoms with Crippen molar-refractivity contribution in [3.05, 3.63) is 23.6 Å². The summed E-state index contributed by atoms with van der Waals surface area (Å²) in [7, 11) is 1.63. The summed E-state index contributed by atoms with van der Waals surface area (Å²) in [5.41, 5.74) is 0.215. The van der Waals surface area contributed by atoms with Crippen LogP contribution in [0.5, 0.6) is 0 Å². The maximum absolute atomic E-state index is 13.3. The van der Waals surface area contributed by atoms with Crippen molar-refractivity contribution in [2.75, 3.05) is 18.9 Å². The van der Waals surface area contributed by atoms with Crippen molar-refractivity contribution in [2.24, 2.45) is 0 Å². The number of rotatable bonds is 5. The summed E-state index contributed by atoms with van der Waals surface area (Å²) < 4.78 is 13.3. The molecular formula is C13H15FN4O. The minimum absolute atomic E-state index is 0.175. The summed E-state index contributed by atoms with van der Waals surface area (Å²) in [5.74, 6) is -0.457. The molecule has 100 valence electrons. The number of hydrogen-bond acceptors (Lipinski definition) is 4. The van der Waals surface area contributed by atoms with Gasteiger partial charge in [-0.2, -0.15) is 5.26 Å². The largest absolute Gasteiger partial charge is 0.372 e. The highest BCUT2D eigenvalue weighted by molar-refractivity contribution is 5.99. The topological polar surface area (TPSA) is 69.0 Å². The lowest BCUT2D eigenvalue weighted by Gasteiger charge is -2.22. The van der Waals surface area contributed by atoms with Crippen LogP contribution in [-0.2, 0) is 0 Å². The molecule has 5 nitrogen and oxygen atoms in total. The molecule has 1 N–H and O–H groups in total. The van der Waals surface area contributed by atoms with Gasteiger partial charge in [-0.15, -0.1) is 0 Å². The molecule has 1 aromatic rings. The van der Waals surface area contributed by atoms with Crippen LogP contribution in [-0.4, -0.2) is 35.4 Å². The second-order valence-corrected chi connectivity index (χ2v) is 4.44. The van der Waals surface area contributed by atoms with E-state index in [4.69, 9.17) is 5.26 Å². The number of carbonyl (C=O) groups excluding carboxylic acids is 1. The first kappa shape index (κ1) is 13.3. The number of nitrogens with zero attached hydrogens (tertiary/aromatic N) is 3. The van der Waals surface area contributed by atoms with Crippen LogP contribution in [0.2, 0.25) is 0 Å². The molecule has 1 saturated carbocycles. The van der Waals surface area contributed by atoms with Crippen LogP contribution >= 0.6 is 0 Å². The molecule has 19 heavy (non-hydrogen) atoms. The molecule has 1 amide bonds. The van der Waals surface area contributed by atoms with E-state index in [0.717, 1.165) is 19.0 Å². The van der Waals surface area contributed by atoms with Gasteiger partial charge in [0.2, 0.25) is 0 Å². The highest BCUT2D eigenvalue weighted by Crippen LogP contribution is 2.29. The summed E-state index contributed by atoms with van der Waals surface area (Å²) >= 11 is 0. The second-order valence-electron chi connectivity index (χ2n) is 4.44. The molecular weight excluding hydrogens is 247 g/mol. The van der Waals surface area contributed by atoms with E-state index in [1.807, 2.05) is 6.07 Å². The molecule has 0 saturated heterocycles. The minimum atomic E-state index is -0.543. The number of nitriles is 1. The normalized spacial score (nSPS) is 13.7. The number of hydrogen-bond donors (Lipinski definition) is 1. The van der Waals surface area contributed by atoms with Gasteiger partial charge in [0.05, 0.1) is 24.3 Å². The standard InChI is InChI=1S/C13H15FN4O/c1-16-12-11(7-9(14)8-17-12)13(19)18(6-2-5-15)10-3-4-10/h7-8,10H,2-4,6H2,1H3,(H,16,17). The molecule has 0 radical (unpaired) electrons. The van der Waals surface area contributed by atoms with Crippen molar-refractivity contribution in [2.45, 2.75) is 25.3 Å². The third-order valence-electron chi connectivity index (χ3n) is 3.03. The van der Waals surface area contributed by atoms with Crippen LogP contribution in [0.4, 0.5) is 10.2 Å². The van der Waals surface area contributed by atoms with Crippen molar-refractivity contribution in [3.8, 4) is 6.07 Å². The fourth-order valence-electron chi connectivity index (χ4n) is 1.96. The lowest BCUT2D eigenvalue weighted by molar-refractivity contribution is 0.0747. The maximum atomic E-state index is 13.3. The van der Waals surface area contributed by atoms with E-state index in [-0.39, 0.29) is 23.9 Å². The smallest absolute Gasteiger partial charge is 0.257 e. The predicted octanol–water partition coefficient (Wildman–Crippen LogP) is 1.78. The quantitative estimate of drug-likeness (QED) is 0.878. The lowest BCUT2D eigenvalue weighted by Crippen LogP contribution is -2.34. The Hall–Kier alpha value is -2.16. The fourth-order valence-corrected chi connectivity index (χ4v) is 1.96. The summed E-state index contributed by atoms with van der Waals surface area (Å²) in [6.45, 7) is 0.375. The van der Waals surface area contributed by atoms with Gasteiger partial charge in [-0.05, 0) is 18.9 Å². The number of aromatic nitrogens is 1. The summed E-state index contributed by atoms with van der Waals surface area (Å²) in [6, 6.07) is 3.39. The van der Waals surface area contributed by atoms with Crippen LogP contribution in [0.15, 0.2) is 12.3 Å². The number of carbonyl (C=O) groups is 1. The molecule has 0 aliphatic heterocycles. The Balaban J connectivity index is 2.25. The summed E-state index contributed by atoms with van der Waals surface area (Å²) in [5, 5.41) is 11.4. The summed E-state index contributed by atoms with van der Waals surface area (Å²) in [6.07, 6.45) is 3.23. The average Bonchev–Trinajstić information content (AvgIpc) is 3.23. The van der Waals surface area contributed by atoms with Gasteiger partial charge < -0.3 is 10.2 Å². The molecule has 0 atom stereocenters. The van der Waals surface area contributed by atoms with E-state index in [0.29, 0.717) is 12.4 Å². The van der Waals surface area contributed by atoms with Gasteiger partial charge in [0, 0.05) is 19.6 Å². The molecule has 1 fully saturated rings. The number of nitrogens with one attached hydrogen (secondary N) is 1. The lowest BCUT2D eigenvalue weighted by atomic mass is 10.2. The van der Waals surface area contributed by atoms with Crippen LogP contribution in [0, 0.1) is 17.1 Å². The first-order valence-electron chi connectivity index (χ1n) is 6.18. The Morgan fingerprint density at radius 1 is 1.68 bits per heavy atom. The van der Waals surface area contributed by atoms with Crippen molar-refractivity contribution >= 4 is 11.7 Å². The Morgan fingerprint density at radius 2 is 2.42 bits per heavy atom. The van der Waals surface area contributed by atoms with Gasteiger partial charge in [-0.3, -0.25) is 4.79 Å². The zero-order valence-electron chi connectivity index (χ0n) is 10.7. The van der Waals surface area contributed by atoms with Crippen molar-refractivity contribution in [1.29, 1.82) is 5.26 Å². The highest BCUT2D eigenvalue weighted by atomic mass is 19.1. The van der Waals surface area contributed by atoms with Crippen molar-refractivity contribution < 1.29 is 9.18 Å². The zero-order chi connectivity index (χ0) is 13.8. The molecule has 0 spiro atoms. The zero-order valence-corrected chi connectivity index (χ0v) is 10.7. The Kier molecular flexibility index (Phi) is 3.95. The van der Waals surface area contributed by atoms with E-state index >= 15 is 0 Å². The monoisotopic (exact) mass is 262 g/mol. The van der Waals surface area contributed by atoms with E-state index in [2.05, 4.69) is 10.3 Å². The Morgan fingerprint density at radius 3 is 3.00 bits per heavy atom. The Labute approximate surface area is 111 Å². The molecule has 0 bridgehead atoms. The first-order valence-corrected chi connectivity index (χ1v) is 6.18. The third-order valence-corrected chi connectivity index (χ3v) is 3.03. The molecule has 0 aromatic carbocycles. The third kappa shape index (κ3) is 2.99. The van der Waals surface area contributed by atoms with Gasteiger partial charge in [0.15, 0.2) is 0 Å². The van der Waals surface area contributed by atoms with Gasteiger partial charge in [0.1, 0.15) is 11.6 Å². The SMILES string of the molecule is CNc1ncc(F)cc1C(=O)N(CCC#N)C1CC1. The molecule has 0 unspecified atom stereocenters. The van der Waals surface area contributed by atoms with E-state index in [9.17, 15) is 9.18 Å². The number of amides is 1. The summed E-state index contributed by atoms with van der Waals surface area (Å²) in [4.78, 5) is 17.9. The number of anilines is 1. The molecule has 1 aromatic heterocycles. The predicted molar refractivity (Wildman–Crippen MR) is 68.0 cm³/mol. The van der Waals surface area contributed by atoms with Crippen molar-refractivity contribution in [3.63, 3.8) is 0 Å². The molecule has 2 rings (SSSR count). The molecule has 1 heterocycles. The Bertz CT molecular complexity index is 522. The van der Waals surface area contributed by atoms with E-state index < -0.39 is 5.82 Å². The van der Waals surface area contributed by atoms with Gasteiger partial charge in [-0.25, -0.2) is 9.37 Å². The van der Waals surface area contributed by atoms with Gasteiger partial charge in [0.25, 0.3) is 5.91 Å². The molecule has 1 aliphatic carbocycles. The van der Waals surface area contributed by atoms with E-state index in [1.165, 1.54) is 6.07 Å². The van der Waals surface area contributed by atoms with Gasteiger partial charge in [-0.1, -0.05) is 0 Å². The average molecular weight is 262 g/mol. The van der Waals surface area contributed by atoms with Crippen LogP contribution in [0.25, 0.3) is 0 Å². The molecule has 1 aliphatic rings. The highest BCUT2D eigenvalue weighted by Gasteiger charge is 2.33.